The lowest BCUT2D eigenvalue weighted by atomic mass is 9.73. The van der Waals surface area contributed by atoms with E-state index in [4.69, 9.17) is 0 Å². The highest BCUT2D eigenvalue weighted by Gasteiger charge is 2.38. The van der Waals surface area contributed by atoms with Crippen LogP contribution in [0.3, 0.4) is 0 Å². The van der Waals surface area contributed by atoms with Crippen LogP contribution in [-0.4, -0.2) is 0 Å². The van der Waals surface area contributed by atoms with E-state index < -0.39 is 0 Å². The summed E-state index contributed by atoms with van der Waals surface area (Å²) in [7, 11) is 0. The van der Waals surface area contributed by atoms with Crippen molar-refractivity contribution >= 4 is 55.7 Å². The number of rotatable bonds is 7. The van der Waals surface area contributed by atoms with Gasteiger partial charge < -0.3 is 9.80 Å². The standard InChI is InChI=1S/C59H44N2/c1-59(2)53-26-13-14-27-55(53)61(57-40-47(32-38-54(57)59)42-18-7-4-8-19-42)58-52-24-12-10-21-45(52)33-39-56(58)60(48-34-28-43(29-35-48)41-16-5-3-6-17-41)49-36-30-46(31-37-49)51-25-15-22-44-20-9-11-23-50(44)51/h3-40H,1-2H3. The maximum absolute atomic E-state index is 2.55. The molecule has 2 heteroatoms. The smallest absolute Gasteiger partial charge is 0.0781 e. The Labute approximate surface area is 358 Å². The van der Waals surface area contributed by atoms with Crippen LogP contribution in [0.1, 0.15) is 25.0 Å². The van der Waals surface area contributed by atoms with E-state index in [-0.39, 0.29) is 5.41 Å². The van der Waals surface area contributed by atoms with Crippen LogP contribution in [0.15, 0.2) is 231 Å². The minimum Gasteiger partial charge on any atom is -0.308 e. The van der Waals surface area contributed by atoms with Gasteiger partial charge in [0.2, 0.25) is 0 Å². The fraction of sp³-hybridized carbons (Fsp3) is 0.0508. The topological polar surface area (TPSA) is 6.48 Å². The van der Waals surface area contributed by atoms with E-state index in [0.717, 1.165) is 22.7 Å². The summed E-state index contributed by atoms with van der Waals surface area (Å²) >= 11 is 0. The van der Waals surface area contributed by atoms with Crippen LogP contribution in [0.5, 0.6) is 0 Å². The minimum absolute atomic E-state index is 0.229. The van der Waals surface area contributed by atoms with Gasteiger partial charge in [-0.2, -0.15) is 0 Å². The Morgan fingerprint density at radius 2 is 0.869 bits per heavy atom. The predicted octanol–water partition coefficient (Wildman–Crippen LogP) is 16.6. The average molecular weight is 781 g/mol. The Hall–Kier alpha value is -7.68. The van der Waals surface area contributed by atoms with Gasteiger partial charge >= 0.3 is 0 Å². The highest BCUT2D eigenvalue weighted by atomic mass is 15.2. The summed E-state index contributed by atoms with van der Waals surface area (Å²) in [4.78, 5) is 5.00. The molecule has 1 heterocycles. The molecular weight excluding hydrogens is 737 g/mol. The van der Waals surface area contributed by atoms with Gasteiger partial charge in [-0.15, -0.1) is 0 Å². The molecule has 61 heavy (non-hydrogen) atoms. The molecular formula is C59H44N2. The van der Waals surface area contributed by atoms with Crippen LogP contribution in [0.4, 0.5) is 34.1 Å². The van der Waals surface area contributed by atoms with Crippen molar-refractivity contribution in [3.8, 4) is 33.4 Å². The Balaban J connectivity index is 1.17. The summed E-state index contributed by atoms with van der Waals surface area (Å²) in [5, 5.41) is 4.87. The highest BCUT2D eigenvalue weighted by Crippen LogP contribution is 2.57. The van der Waals surface area contributed by atoms with Gasteiger partial charge in [-0.05, 0) is 103 Å². The van der Waals surface area contributed by atoms with Crippen LogP contribution < -0.4 is 9.80 Å². The summed E-state index contributed by atoms with van der Waals surface area (Å²) in [5.41, 5.74) is 16.3. The molecule has 0 atom stereocenters. The van der Waals surface area contributed by atoms with E-state index in [1.807, 2.05) is 0 Å². The van der Waals surface area contributed by atoms with Crippen molar-refractivity contribution in [3.63, 3.8) is 0 Å². The molecule has 10 aromatic rings. The largest absolute Gasteiger partial charge is 0.308 e. The maximum Gasteiger partial charge on any atom is 0.0781 e. The molecule has 11 rings (SSSR count). The Bertz CT molecular complexity index is 3200. The van der Waals surface area contributed by atoms with E-state index in [1.54, 1.807) is 0 Å². The van der Waals surface area contributed by atoms with Gasteiger partial charge in [-0.25, -0.2) is 0 Å². The Morgan fingerprint density at radius 1 is 0.361 bits per heavy atom. The summed E-state index contributed by atoms with van der Waals surface area (Å²) in [6, 6.07) is 84.3. The summed E-state index contributed by atoms with van der Waals surface area (Å²) in [5.74, 6) is 0. The van der Waals surface area contributed by atoms with Gasteiger partial charge in [0.1, 0.15) is 0 Å². The molecule has 1 aliphatic rings. The predicted molar refractivity (Wildman–Crippen MR) is 259 cm³/mol. The second-order valence-corrected chi connectivity index (χ2v) is 16.6. The molecule has 0 radical (unpaired) electrons. The third-order valence-corrected chi connectivity index (χ3v) is 12.6. The van der Waals surface area contributed by atoms with Gasteiger partial charge in [0.15, 0.2) is 0 Å². The molecule has 0 aromatic heterocycles. The molecule has 0 aliphatic carbocycles. The zero-order valence-corrected chi connectivity index (χ0v) is 34.3. The van der Waals surface area contributed by atoms with Gasteiger partial charge in [0.05, 0.1) is 22.7 Å². The molecule has 10 aromatic carbocycles. The second kappa shape index (κ2) is 14.9. The van der Waals surface area contributed by atoms with Crippen molar-refractivity contribution in [1.29, 1.82) is 0 Å². The van der Waals surface area contributed by atoms with E-state index in [0.29, 0.717) is 0 Å². The zero-order valence-electron chi connectivity index (χ0n) is 34.3. The van der Waals surface area contributed by atoms with Crippen LogP contribution >= 0.6 is 0 Å². The fourth-order valence-corrected chi connectivity index (χ4v) is 9.56. The molecule has 1 aliphatic heterocycles. The number of anilines is 6. The monoisotopic (exact) mass is 780 g/mol. The lowest BCUT2D eigenvalue weighted by Crippen LogP contribution is -2.31. The summed E-state index contributed by atoms with van der Waals surface area (Å²) in [6.07, 6.45) is 0. The van der Waals surface area contributed by atoms with Gasteiger partial charge in [-0.3, -0.25) is 0 Å². The highest BCUT2D eigenvalue weighted by molar-refractivity contribution is 6.09. The lowest BCUT2D eigenvalue weighted by molar-refractivity contribution is 0.632. The summed E-state index contributed by atoms with van der Waals surface area (Å²) < 4.78 is 0. The quantitative estimate of drug-likeness (QED) is 0.159. The van der Waals surface area contributed by atoms with Crippen molar-refractivity contribution in [1.82, 2.24) is 0 Å². The van der Waals surface area contributed by atoms with Crippen LogP contribution in [-0.2, 0) is 5.41 Å². The molecule has 0 N–H and O–H groups in total. The molecule has 0 fully saturated rings. The number of hydrogen-bond acceptors (Lipinski definition) is 2. The van der Waals surface area contributed by atoms with E-state index in [1.165, 1.54) is 77.4 Å². The molecule has 0 unspecified atom stereocenters. The first-order valence-electron chi connectivity index (χ1n) is 21.2. The molecule has 290 valence electrons. The van der Waals surface area contributed by atoms with Gasteiger partial charge in [-0.1, -0.05) is 202 Å². The Morgan fingerprint density at radius 3 is 1.57 bits per heavy atom. The Kier molecular flexibility index (Phi) is 8.86. The van der Waals surface area contributed by atoms with Gasteiger partial charge in [0.25, 0.3) is 0 Å². The number of para-hydroxylation sites is 1. The SMILES string of the molecule is CC1(C)c2ccccc2N(c2c(N(c3ccc(-c4ccccc4)cc3)c3ccc(-c4cccc5ccccc45)cc3)ccc3ccccc23)c2cc(-c3ccccc3)ccc21. The van der Waals surface area contributed by atoms with E-state index in [2.05, 4.69) is 254 Å². The lowest BCUT2D eigenvalue weighted by Gasteiger charge is -2.44. The summed E-state index contributed by atoms with van der Waals surface area (Å²) in [6.45, 7) is 4.73. The first-order chi connectivity index (χ1) is 30.0. The van der Waals surface area contributed by atoms with E-state index >= 15 is 0 Å². The fourth-order valence-electron chi connectivity index (χ4n) is 9.56. The van der Waals surface area contributed by atoms with Gasteiger partial charge in [0, 0.05) is 22.2 Å². The maximum atomic E-state index is 2.55. The minimum atomic E-state index is -0.229. The van der Waals surface area contributed by atoms with E-state index in [9.17, 15) is 0 Å². The molecule has 2 nitrogen and oxygen atoms in total. The number of hydrogen-bond donors (Lipinski definition) is 0. The number of nitrogens with zero attached hydrogens (tertiary/aromatic N) is 2. The normalized spacial score (nSPS) is 12.9. The molecule has 0 amide bonds. The van der Waals surface area contributed by atoms with Crippen molar-refractivity contribution in [3.05, 3.63) is 242 Å². The molecule has 0 saturated carbocycles. The average Bonchev–Trinajstić information content (AvgIpc) is 3.33. The second-order valence-electron chi connectivity index (χ2n) is 16.6. The van der Waals surface area contributed by atoms with Crippen molar-refractivity contribution in [2.24, 2.45) is 0 Å². The zero-order chi connectivity index (χ0) is 40.9. The molecule has 0 saturated heterocycles. The number of fused-ring (bicyclic) bond motifs is 4. The van der Waals surface area contributed by atoms with Crippen LogP contribution in [0.25, 0.3) is 54.9 Å². The molecule has 0 spiro atoms. The first kappa shape index (κ1) is 36.4. The molecule has 0 bridgehead atoms. The third kappa shape index (κ3) is 6.27. The third-order valence-electron chi connectivity index (χ3n) is 12.6. The first-order valence-corrected chi connectivity index (χ1v) is 21.2. The van der Waals surface area contributed by atoms with Crippen molar-refractivity contribution < 1.29 is 0 Å². The van der Waals surface area contributed by atoms with Crippen molar-refractivity contribution in [2.75, 3.05) is 9.80 Å². The number of benzene rings is 10. The van der Waals surface area contributed by atoms with Crippen molar-refractivity contribution in [2.45, 2.75) is 19.3 Å². The van der Waals surface area contributed by atoms with Crippen LogP contribution in [0, 0.1) is 0 Å². The van der Waals surface area contributed by atoms with Crippen LogP contribution in [0.2, 0.25) is 0 Å².